The van der Waals surface area contributed by atoms with Gasteiger partial charge in [-0.1, -0.05) is 45.9 Å². The molecule has 1 N–H and O–H groups in total. The van der Waals surface area contributed by atoms with Crippen molar-refractivity contribution in [1.29, 1.82) is 0 Å². The molecule has 0 spiro atoms. The van der Waals surface area contributed by atoms with Crippen molar-refractivity contribution in [3.63, 3.8) is 0 Å². The van der Waals surface area contributed by atoms with Gasteiger partial charge < -0.3 is 9.84 Å². The van der Waals surface area contributed by atoms with Gasteiger partial charge in [0.2, 0.25) is 0 Å². The molecule has 1 aliphatic carbocycles. The molecule has 1 aliphatic rings. The third-order valence-corrected chi connectivity index (χ3v) is 6.74. The van der Waals surface area contributed by atoms with Crippen LogP contribution in [0.3, 0.4) is 0 Å². The number of halogens is 1. The van der Waals surface area contributed by atoms with E-state index in [4.69, 9.17) is 4.74 Å². The molecular weight excluding hydrogens is 463 g/mol. The van der Waals surface area contributed by atoms with Crippen LogP contribution >= 0.6 is 22.6 Å². The number of hydrogen-bond donors (Lipinski definition) is 1. The predicted molar refractivity (Wildman–Crippen MR) is 122 cm³/mol. The minimum Gasteiger partial charge on any atom is -0.478 e. The van der Waals surface area contributed by atoms with Gasteiger partial charge >= 0.3 is 5.97 Å². The van der Waals surface area contributed by atoms with E-state index in [9.17, 15) is 9.90 Å². The summed E-state index contributed by atoms with van der Waals surface area (Å²) in [5.74, 6) is -0.402. The Morgan fingerprint density at radius 1 is 1.00 bits per heavy atom. The quantitative estimate of drug-likeness (QED) is 0.380. The smallest absolute Gasteiger partial charge is 0.335 e. The van der Waals surface area contributed by atoms with Gasteiger partial charge in [0, 0.05) is 0 Å². The van der Waals surface area contributed by atoms with Crippen molar-refractivity contribution in [2.45, 2.75) is 58.3 Å². The molecular formula is C24H27IO3. The molecule has 0 bridgehead atoms. The van der Waals surface area contributed by atoms with Gasteiger partial charge in [-0.2, -0.15) is 0 Å². The number of rotatable bonds is 4. The Hall–Kier alpha value is -1.82. The number of allylic oxidation sites excluding steroid dienone is 1. The van der Waals surface area contributed by atoms with E-state index in [1.54, 1.807) is 24.5 Å². The topological polar surface area (TPSA) is 46.5 Å². The summed E-state index contributed by atoms with van der Waals surface area (Å²) in [6.07, 6.45) is 4.09. The maximum atomic E-state index is 11.2. The van der Waals surface area contributed by atoms with Crippen molar-refractivity contribution >= 4 is 34.1 Å². The van der Waals surface area contributed by atoms with Crippen LogP contribution in [0.1, 0.15) is 74.5 Å². The third kappa shape index (κ3) is 4.12. The molecule has 0 saturated carbocycles. The Bertz CT molecular complexity index is 954. The summed E-state index contributed by atoms with van der Waals surface area (Å²) < 4.78 is 6.72. The number of ether oxygens (including phenoxy) is 1. The van der Waals surface area contributed by atoms with E-state index in [2.05, 4.69) is 68.5 Å². The molecule has 2 aromatic rings. The van der Waals surface area contributed by atoms with Crippen LogP contribution < -0.4 is 4.74 Å². The standard InChI is InChI=1S/C24H27IO3/c1-15(14-28-21-13-17(22(26)27)7-9-20(21)25)16-6-8-18-19(12-16)24(4,5)11-10-23(18,2)3/h6-9,12-14H,10-11H2,1-5H3,(H,26,27). The molecule has 28 heavy (non-hydrogen) atoms. The van der Waals surface area contributed by atoms with Crippen LogP contribution in [0.4, 0.5) is 0 Å². The fourth-order valence-electron chi connectivity index (χ4n) is 3.78. The summed E-state index contributed by atoms with van der Waals surface area (Å²) >= 11 is 2.15. The van der Waals surface area contributed by atoms with Gasteiger partial charge in [0.25, 0.3) is 0 Å². The lowest BCUT2D eigenvalue weighted by Crippen LogP contribution is -2.33. The molecule has 2 aromatic carbocycles. The first-order valence-electron chi connectivity index (χ1n) is 9.53. The van der Waals surface area contributed by atoms with E-state index < -0.39 is 5.97 Å². The van der Waals surface area contributed by atoms with Gasteiger partial charge in [-0.25, -0.2) is 4.79 Å². The number of aromatic carboxylic acids is 1. The molecule has 0 unspecified atom stereocenters. The lowest BCUT2D eigenvalue weighted by atomic mass is 9.63. The maximum Gasteiger partial charge on any atom is 0.335 e. The first kappa shape index (κ1) is 20.9. The van der Waals surface area contributed by atoms with Crippen molar-refractivity contribution in [3.05, 3.63) is 68.5 Å². The van der Waals surface area contributed by atoms with Crippen LogP contribution in [-0.2, 0) is 10.8 Å². The zero-order valence-corrected chi connectivity index (χ0v) is 19.3. The molecule has 0 saturated heterocycles. The molecule has 0 atom stereocenters. The summed E-state index contributed by atoms with van der Waals surface area (Å²) in [6, 6.07) is 11.6. The number of benzene rings is 2. The van der Waals surface area contributed by atoms with Gasteiger partial charge in [0.05, 0.1) is 15.4 Å². The second kappa shape index (κ2) is 7.54. The molecule has 148 valence electrons. The highest BCUT2D eigenvalue weighted by Crippen LogP contribution is 2.46. The van der Waals surface area contributed by atoms with Gasteiger partial charge in [0.15, 0.2) is 0 Å². The third-order valence-electron chi connectivity index (χ3n) is 5.85. The van der Waals surface area contributed by atoms with E-state index >= 15 is 0 Å². The predicted octanol–water partition coefficient (Wildman–Crippen LogP) is 6.78. The lowest BCUT2D eigenvalue weighted by Gasteiger charge is -2.42. The molecule has 0 aliphatic heterocycles. The zero-order valence-electron chi connectivity index (χ0n) is 17.1. The Kier molecular flexibility index (Phi) is 5.63. The summed E-state index contributed by atoms with van der Waals surface area (Å²) in [5, 5.41) is 9.19. The SMILES string of the molecule is CC(=COc1cc(C(=O)O)ccc1I)c1ccc2c(c1)C(C)(C)CCC2(C)C. The largest absolute Gasteiger partial charge is 0.478 e. The van der Waals surface area contributed by atoms with Crippen LogP contribution in [0.5, 0.6) is 5.75 Å². The van der Waals surface area contributed by atoms with E-state index in [1.165, 1.54) is 24.0 Å². The molecule has 0 amide bonds. The van der Waals surface area contributed by atoms with Crippen LogP contribution in [0.15, 0.2) is 42.7 Å². The minimum atomic E-state index is -0.957. The van der Waals surface area contributed by atoms with Crippen LogP contribution in [0.2, 0.25) is 0 Å². The van der Waals surface area contributed by atoms with Gasteiger partial charge in [-0.05, 0) is 93.6 Å². The van der Waals surface area contributed by atoms with E-state index in [0.29, 0.717) is 5.75 Å². The van der Waals surface area contributed by atoms with Crippen molar-refractivity contribution < 1.29 is 14.6 Å². The van der Waals surface area contributed by atoms with Gasteiger partial charge in [0.1, 0.15) is 5.75 Å². The molecule has 3 rings (SSSR count). The number of hydrogen-bond acceptors (Lipinski definition) is 2. The van der Waals surface area contributed by atoms with Gasteiger partial charge in [-0.15, -0.1) is 0 Å². The number of carboxylic acids is 1. The summed E-state index contributed by atoms with van der Waals surface area (Å²) in [4.78, 5) is 11.2. The highest BCUT2D eigenvalue weighted by molar-refractivity contribution is 14.1. The Labute approximate surface area is 181 Å². The average Bonchev–Trinajstić information content (AvgIpc) is 2.64. The van der Waals surface area contributed by atoms with Crippen LogP contribution in [-0.4, -0.2) is 11.1 Å². The van der Waals surface area contributed by atoms with E-state index in [-0.39, 0.29) is 16.4 Å². The number of carbonyl (C=O) groups is 1. The highest BCUT2D eigenvalue weighted by Gasteiger charge is 2.36. The normalized spacial score (nSPS) is 17.7. The first-order chi connectivity index (χ1) is 13.0. The fraction of sp³-hybridized carbons (Fsp3) is 0.375. The van der Waals surface area contributed by atoms with Crippen molar-refractivity contribution in [3.8, 4) is 5.75 Å². The zero-order chi connectivity index (χ0) is 20.7. The highest BCUT2D eigenvalue weighted by atomic mass is 127. The van der Waals surface area contributed by atoms with E-state index in [0.717, 1.165) is 14.7 Å². The number of carboxylic acid groups (broad SMARTS) is 1. The van der Waals surface area contributed by atoms with Crippen molar-refractivity contribution in [2.24, 2.45) is 0 Å². The maximum absolute atomic E-state index is 11.2. The fourth-order valence-corrected chi connectivity index (χ4v) is 4.24. The molecule has 3 nitrogen and oxygen atoms in total. The Morgan fingerprint density at radius 2 is 1.61 bits per heavy atom. The van der Waals surface area contributed by atoms with Crippen molar-refractivity contribution in [2.75, 3.05) is 0 Å². The van der Waals surface area contributed by atoms with Gasteiger partial charge in [-0.3, -0.25) is 0 Å². The molecule has 0 aromatic heterocycles. The van der Waals surface area contributed by atoms with Crippen molar-refractivity contribution in [1.82, 2.24) is 0 Å². The van der Waals surface area contributed by atoms with E-state index in [1.807, 2.05) is 6.92 Å². The van der Waals surface area contributed by atoms with Crippen LogP contribution in [0.25, 0.3) is 5.57 Å². The lowest BCUT2D eigenvalue weighted by molar-refractivity contribution is 0.0696. The van der Waals surface area contributed by atoms with Crippen LogP contribution in [0, 0.1) is 3.57 Å². The second-order valence-electron chi connectivity index (χ2n) is 8.90. The summed E-state index contributed by atoms with van der Waals surface area (Å²) in [5.41, 5.74) is 5.57. The monoisotopic (exact) mass is 490 g/mol. The number of fused-ring (bicyclic) bond motifs is 1. The first-order valence-corrected chi connectivity index (χ1v) is 10.6. The molecule has 0 fully saturated rings. The molecule has 0 heterocycles. The summed E-state index contributed by atoms with van der Waals surface area (Å²) in [7, 11) is 0. The Balaban J connectivity index is 1.93. The molecule has 0 radical (unpaired) electrons. The molecule has 4 heteroatoms. The second-order valence-corrected chi connectivity index (χ2v) is 10.1. The minimum absolute atomic E-state index is 0.160. The summed E-state index contributed by atoms with van der Waals surface area (Å²) in [6.45, 7) is 11.3. The Morgan fingerprint density at radius 3 is 2.25 bits per heavy atom. The average molecular weight is 490 g/mol.